The van der Waals surface area contributed by atoms with Gasteiger partial charge >= 0.3 is 5.97 Å². The molecule has 0 amide bonds. The molecular weight excluding hydrogens is 246 g/mol. The predicted octanol–water partition coefficient (Wildman–Crippen LogP) is 2.24. The summed E-state index contributed by atoms with van der Waals surface area (Å²) in [5, 5.41) is 0. The fraction of sp³-hybridized carbons (Fsp3) is 0.500. The highest BCUT2D eigenvalue weighted by atomic mass is 32.2. The van der Waals surface area contributed by atoms with Gasteiger partial charge in [-0.1, -0.05) is 30.3 Å². The van der Waals surface area contributed by atoms with Crippen molar-refractivity contribution < 1.29 is 9.53 Å². The molecule has 0 saturated carbocycles. The molecule has 0 aromatic heterocycles. The maximum Gasteiger partial charge on any atom is 0.306 e. The third kappa shape index (κ3) is 6.67. The highest BCUT2D eigenvalue weighted by molar-refractivity contribution is 7.99. The van der Waals surface area contributed by atoms with Crippen molar-refractivity contribution in [2.45, 2.75) is 25.8 Å². The first-order valence-corrected chi connectivity index (χ1v) is 7.40. The van der Waals surface area contributed by atoms with E-state index in [1.807, 2.05) is 25.1 Å². The topological polar surface area (TPSA) is 52.3 Å². The van der Waals surface area contributed by atoms with Crippen LogP contribution >= 0.6 is 11.8 Å². The zero-order valence-electron chi connectivity index (χ0n) is 10.8. The largest absolute Gasteiger partial charge is 0.466 e. The SMILES string of the molecule is CCOC(=O)CCSC[C@H](N)Cc1ccccc1. The Hall–Kier alpha value is -1.00. The molecule has 1 aromatic rings. The third-order valence-corrected chi connectivity index (χ3v) is 3.59. The number of hydrogen-bond acceptors (Lipinski definition) is 4. The molecule has 0 heterocycles. The van der Waals surface area contributed by atoms with E-state index in [-0.39, 0.29) is 12.0 Å². The van der Waals surface area contributed by atoms with E-state index in [1.165, 1.54) is 5.56 Å². The number of carbonyl (C=O) groups excluding carboxylic acids is 1. The van der Waals surface area contributed by atoms with Crippen LogP contribution in [0.3, 0.4) is 0 Å². The minimum absolute atomic E-state index is 0.123. The summed E-state index contributed by atoms with van der Waals surface area (Å²) < 4.78 is 4.86. The van der Waals surface area contributed by atoms with E-state index in [0.29, 0.717) is 13.0 Å². The number of thioether (sulfide) groups is 1. The van der Waals surface area contributed by atoms with E-state index in [4.69, 9.17) is 10.5 Å². The first-order valence-electron chi connectivity index (χ1n) is 6.25. The number of nitrogens with two attached hydrogens (primary N) is 1. The molecule has 0 bridgehead atoms. The summed E-state index contributed by atoms with van der Waals surface area (Å²) in [7, 11) is 0. The quantitative estimate of drug-likeness (QED) is 0.580. The van der Waals surface area contributed by atoms with Crippen LogP contribution in [0, 0.1) is 0 Å². The fourth-order valence-electron chi connectivity index (χ4n) is 1.60. The van der Waals surface area contributed by atoms with Gasteiger partial charge in [0.1, 0.15) is 0 Å². The molecule has 1 atom stereocenters. The molecule has 0 aliphatic rings. The maximum absolute atomic E-state index is 11.1. The van der Waals surface area contributed by atoms with Gasteiger partial charge < -0.3 is 10.5 Å². The monoisotopic (exact) mass is 267 g/mol. The number of benzene rings is 1. The molecule has 0 spiro atoms. The Kier molecular flexibility index (Phi) is 7.53. The first-order chi connectivity index (χ1) is 8.72. The van der Waals surface area contributed by atoms with E-state index in [1.54, 1.807) is 11.8 Å². The molecule has 0 aliphatic carbocycles. The molecule has 0 saturated heterocycles. The number of esters is 1. The zero-order valence-corrected chi connectivity index (χ0v) is 11.6. The van der Waals surface area contributed by atoms with E-state index < -0.39 is 0 Å². The van der Waals surface area contributed by atoms with Gasteiger partial charge in [-0.2, -0.15) is 11.8 Å². The molecule has 0 aliphatic heterocycles. The highest BCUT2D eigenvalue weighted by Gasteiger charge is 2.06. The summed E-state index contributed by atoms with van der Waals surface area (Å²) in [6.45, 7) is 2.28. The van der Waals surface area contributed by atoms with Crippen molar-refractivity contribution >= 4 is 17.7 Å². The molecule has 0 unspecified atom stereocenters. The lowest BCUT2D eigenvalue weighted by atomic mass is 10.1. The van der Waals surface area contributed by atoms with Crippen LogP contribution in [-0.4, -0.2) is 30.1 Å². The Morgan fingerprint density at radius 3 is 2.78 bits per heavy atom. The Bertz CT molecular complexity index is 343. The van der Waals surface area contributed by atoms with E-state index in [2.05, 4.69) is 12.1 Å². The summed E-state index contributed by atoms with van der Waals surface area (Å²) in [6.07, 6.45) is 1.35. The van der Waals surface area contributed by atoms with Gasteiger partial charge in [-0.15, -0.1) is 0 Å². The molecule has 4 heteroatoms. The summed E-state index contributed by atoms with van der Waals surface area (Å²) in [5.41, 5.74) is 7.30. The van der Waals surface area contributed by atoms with Crippen molar-refractivity contribution in [2.75, 3.05) is 18.1 Å². The van der Waals surface area contributed by atoms with E-state index >= 15 is 0 Å². The van der Waals surface area contributed by atoms with Crippen LogP contribution in [-0.2, 0) is 16.0 Å². The van der Waals surface area contributed by atoms with Crippen molar-refractivity contribution in [3.8, 4) is 0 Å². The van der Waals surface area contributed by atoms with Crippen LogP contribution in [0.5, 0.6) is 0 Å². The van der Waals surface area contributed by atoms with Crippen molar-refractivity contribution in [1.29, 1.82) is 0 Å². The molecule has 100 valence electrons. The molecule has 1 rings (SSSR count). The number of hydrogen-bond donors (Lipinski definition) is 1. The number of carbonyl (C=O) groups is 1. The average molecular weight is 267 g/mol. The second-order valence-corrected chi connectivity index (χ2v) is 5.23. The first kappa shape index (κ1) is 15.1. The minimum Gasteiger partial charge on any atom is -0.466 e. The third-order valence-electron chi connectivity index (χ3n) is 2.43. The second-order valence-electron chi connectivity index (χ2n) is 4.08. The Morgan fingerprint density at radius 1 is 1.39 bits per heavy atom. The van der Waals surface area contributed by atoms with Gasteiger partial charge in [0.2, 0.25) is 0 Å². The van der Waals surface area contributed by atoms with E-state index in [9.17, 15) is 4.79 Å². The van der Waals surface area contributed by atoms with Crippen LogP contribution in [0.2, 0.25) is 0 Å². The van der Waals surface area contributed by atoms with Gasteiger partial charge in [0.15, 0.2) is 0 Å². The summed E-state index contributed by atoms with van der Waals surface area (Å²) in [5.74, 6) is 1.52. The smallest absolute Gasteiger partial charge is 0.306 e. The molecule has 18 heavy (non-hydrogen) atoms. The van der Waals surface area contributed by atoms with Gasteiger partial charge in [0, 0.05) is 17.5 Å². The van der Waals surface area contributed by atoms with Crippen LogP contribution in [0.15, 0.2) is 30.3 Å². The van der Waals surface area contributed by atoms with Crippen molar-refractivity contribution in [3.05, 3.63) is 35.9 Å². The Balaban J connectivity index is 2.10. The molecule has 1 aromatic carbocycles. The summed E-state index contributed by atoms with van der Waals surface area (Å²) in [4.78, 5) is 11.1. The van der Waals surface area contributed by atoms with Crippen molar-refractivity contribution in [1.82, 2.24) is 0 Å². The lowest BCUT2D eigenvalue weighted by Crippen LogP contribution is -2.25. The standard InChI is InChI=1S/C14H21NO2S/c1-2-17-14(16)8-9-18-11-13(15)10-12-6-4-3-5-7-12/h3-7,13H,2,8-11,15H2,1H3/t13-/m1/s1. The van der Waals surface area contributed by atoms with Gasteiger partial charge in [-0.05, 0) is 18.9 Å². The maximum atomic E-state index is 11.1. The molecular formula is C14H21NO2S. The van der Waals surface area contributed by atoms with Gasteiger partial charge in [-0.3, -0.25) is 4.79 Å². The van der Waals surface area contributed by atoms with Crippen LogP contribution in [0.1, 0.15) is 18.9 Å². The number of ether oxygens (including phenoxy) is 1. The lowest BCUT2D eigenvalue weighted by Gasteiger charge is -2.11. The highest BCUT2D eigenvalue weighted by Crippen LogP contribution is 2.09. The van der Waals surface area contributed by atoms with Crippen molar-refractivity contribution in [2.24, 2.45) is 5.73 Å². The Morgan fingerprint density at radius 2 is 2.11 bits per heavy atom. The van der Waals surface area contributed by atoms with Crippen LogP contribution < -0.4 is 5.73 Å². The van der Waals surface area contributed by atoms with Gasteiger partial charge in [-0.25, -0.2) is 0 Å². The second kappa shape index (κ2) is 9.00. The normalized spacial score (nSPS) is 12.1. The summed E-state index contributed by atoms with van der Waals surface area (Å²) in [6, 6.07) is 10.4. The number of rotatable bonds is 8. The van der Waals surface area contributed by atoms with Gasteiger partial charge in [0.05, 0.1) is 13.0 Å². The molecule has 3 nitrogen and oxygen atoms in total. The minimum atomic E-state index is -0.123. The van der Waals surface area contributed by atoms with Crippen LogP contribution in [0.25, 0.3) is 0 Å². The fourth-order valence-corrected chi connectivity index (χ4v) is 2.50. The van der Waals surface area contributed by atoms with E-state index in [0.717, 1.165) is 17.9 Å². The molecule has 2 N–H and O–H groups in total. The van der Waals surface area contributed by atoms with Crippen LogP contribution in [0.4, 0.5) is 0 Å². The van der Waals surface area contributed by atoms with Gasteiger partial charge in [0.25, 0.3) is 0 Å². The predicted molar refractivity (Wildman–Crippen MR) is 76.7 cm³/mol. The zero-order chi connectivity index (χ0) is 13.2. The summed E-state index contributed by atoms with van der Waals surface area (Å²) >= 11 is 1.71. The molecule has 0 radical (unpaired) electrons. The van der Waals surface area contributed by atoms with Crippen molar-refractivity contribution in [3.63, 3.8) is 0 Å². The average Bonchev–Trinajstić information content (AvgIpc) is 2.36. The Labute approximate surface area is 113 Å². The molecule has 0 fully saturated rings. The lowest BCUT2D eigenvalue weighted by molar-refractivity contribution is -0.142.